The Balaban J connectivity index is 2.64. The molecule has 0 spiro atoms. The number of aromatic nitrogens is 2. The molecule has 0 saturated carbocycles. The highest BCUT2D eigenvalue weighted by molar-refractivity contribution is 5.44. The number of benzene rings is 1. The Bertz CT molecular complexity index is 538. The lowest BCUT2D eigenvalue weighted by Gasteiger charge is -2.13. The minimum absolute atomic E-state index is 0.00964. The van der Waals surface area contributed by atoms with Gasteiger partial charge in [-0.25, -0.2) is 4.68 Å². The molecule has 0 bridgehead atoms. The molecule has 17 heavy (non-hydrogen) atoms. The van der Waals surface area contributed by atoms with Crippen LogP contribution in [0.15, 0.2) is 24.3 Å². The van der Waals surface area contributed by atoms with Crippen LogP contribution in [0.2, 0.25) is 0 Å². The molecule has 1 aromatic carbocycles. The Morgan fingerprint density at radius 3 is 2.35 bits per heavy atom. The molecule has 1 heterocycles. The van der Waals surface area contributed by atoms with Gasteiger partial charge in [-0.1, -0.05) is 18.2 Å². The molecule has 1 atom stereocenters. The monoisotopic (exact) mass is 229 g/mol. The summed E-state index contributed by atoms with van der Waals surface area (Å²) in [7, 11) is 0. The summed E-state index contributed by atoms with van der Waals surface area (Å²) in [6.45, 7) is 8.22. The highest BCUT2D eigenvalue weighted by Gasteiger charge is 2.13. The second-order valence-electron chi connectivity index (χ2n) is 4.56. The first-order valence-electron chi connectivity index (χ1n) is 5.90. The van der Waals surface area contributed by atoms with Gasteiger partial charge < -0.3 is 5.73 Å². The molecule has 1 aromatic heterocycles. The quantitative estimate of drug-likeness (QED) is 0.860. The van der Waals surface area contributed by atoms with Crippen LogP contribution in [-0.4, -0.2) is 9.78 Å². The van der Waals surface area contributed by atoms with Crippen molar-refractivity contribution in [3.05, 3.63) is 46.8 Å². The Hall–Kier alpha value is -1.61. The van der Waals surface area contributed by atoms with E-state index in [-0.39, 0.29) is 6.04 Å². The first kappa shape index (κ1) is 11.9. The fourth-order valence-corrected chi connectivity index (χ4v) is 2.02. The predicted octanol–water partition coefficient (Wildman–Crippen LogP) is 2.82. The van der Waals surface area contributed by atoms with Crippen molar-refractivity contribution in [1.82, 2.24) is 9.78 Å². The average molecular weight is 229 g/mol. The third kappa shape index (κ3) is 1.98. The lowest BCUT2D eigenvalue weighted by atomic mass is 10.1. The van der Waals surface area contributed by atoms with Gasteiger partial charge in [-0.05, 0) is 44.9 Å². The summed E-state index contributed by atoms with van der Waals surface area (Å²) in [5.74, 6) is 0. The normalized spacial score (nSPS) is 12.8. The molecule has 0 amide bonds. The van der Waals surface area contributed by atoms with Gasteiger partial charge in [0, 0.05) is 11.7 Å². The molecule has 2 rings (SSSR count). The van der Waals surface area contributed by atoms with E-state index >= 15 is 0 Å². The van der Waals surface area contributed by atoms with Gasteiger partial charge in [0.05, 0.1) is 11.4 Å². The van der Waals surface area contributed by atoms with Gasteiger partial charge >= 0.3 is 0 Å². The van der Waals surface area contributed by atoms with E-state index in [1.807, 2.05) is 30.7 Å². The predicted molar refractivity (Wildman–Crippen MR) is 70.4 cm³/mol. The van der Waals surface area contributed by atoms with Crippen LogP contribution in [-0.2, 0) is 0 Å². The zero-order valence-electron chi connectivity index (χ0n) is 10.9. The minimum Gasteiger partial charge on any atom is -0.324 e. The van der Waals surface area contributed by atoms with Gasteiger partial charge in [-0.15, -0.1) is 0 Å². The Labute approximate surface area is 102 Å². The van der Waals surface area contributed by atoms with Crippen LogP contribution in [0.3, 0.4) is 0 Å². The highest BCUT2D eigenvalue weighted by atomic mass is 15.3. The Kier molecular flexibility index (Phi) is 3.03. The maximum atomic E-state index is 6.01. The molecular formula is C14H19N3. The summed E-state index contributed by atoms with van der Waals surface area (Å²) in [6, 6.07) is 8.17. The Morgan fingerprint density at radius 1 is 1.18 bits per heavy atom. The highest BCUT2D eigenvalue weighted by Crippen LogP contribution is 2.23. The minimum atomic E-state index is 0.00964. The maximum Gasteiger partial charge on any atom is 0.0696 e. The zero-order valence-corrected chi connectivity index (χ0v) is 10.9. The van der Waals surface area contributed by atoms with Gasteiger partial charge in [0.25, 0.3) is 0 Å². The molecule has 3 heteroatoms. The van der Waals surface area contributed by atoms with E-state index in [4.69, 9.17) is 5.73 Å². The molecular weight excluding hydrogens is 210 g/mol. The number of hydrogen-bond acceptors (Lipinski definition) is 2. The molecule has 0 radical (unpaired) electrons. The second-order valence-corrected chi connectivity index (χ2v) is 4.56. The van der Waals surface area contributed by atoms with Crippen molar-refractivity contribution in [1.29, 1.82) is 0 Å². The van der Waals surface area contributed by atoms with Crippen LogP contribution in [0.25, 0.3) is 5.69 Å². The van der Waals surface area contributed by atoms with Gasteiger partial charge in [-0.2, -0.15) is 5.10 Å². The van der Waals surface area contributed by atoms with Crippen molar-refractivity contribution >= 4 is 0 Å². The van der Waals surface area contributed by atoms with Crippen LogP contribution >= 0.6 is 0 Å². The van der Waals surface area contributed by atoms with Crippen LogP contribution in [0.4, 0.5) is 0 Å². The van der Waals surface area contributed by atoms with E-state index < -0.39 is 0 Å². The number of nitrogens with zero attached hydrogens (tertiary/aromatic N) is 2. The SMILES string of the molecule is Cc1nn(-c2ccccc2C(C)N)c(C)c1C. The summed E-state index contributed by atoms with van der Waals surface area (Å²) in [5.41, 5.74) is 11.7. The van der Waals surface area contributed by atoms with Crippen molar-refractivity contribution in [3.63, 3.8) is 0 Å². The summed E-state index contributed by atoms with van der Waals surface area (Å²) in [6.07, 6.45) is 0. The van der Waals surface area contributed by atoms with Crippen molar-refractivity contribution in [2.24, 2.45) is 5.73 Å². The van der Waals surface area contributed by atoms with Gasteiger partial charge in [0.15, 0.2) is 0 Å². The van der Waals surface area contributed by atoms with E-state index in [0.717, 1.165) is 16.9 Å². The lowest BCUT2D eigenvalue weighted by molar-refractivity contribution is 0.766. The first-order chi connectivity index (χ1) is 8.02. The van der Waals surface area contributed by atoms with Gasteiger partial charge in [0.2, 0.25) is 0 Å². The fraction of sp³-hybridized carbons (Fsp3) is 0.357. The average Bonchev–Trinajstić information content (AvgIpc) is 2.57. The van der Waals surface area contributed by atoms with Crippen molar-refractivity contribution in [2.75, 3.05) is 0 Å². The van der Waals surface area contributed by atoms with Crippen molar-refractivity contribution in [3.8, 4) is 5.69 Å². The van der Waals surface area contributed by atoms with Crippen LogP contribution in [0.1, 0.15) is 35.5 Å². The third-order valence-electron chi connectivity index (χ3n) is 3.31. The summed E-state index contributed by atoms with van der Waals surface area (Å²) in [4.78, 5) is 0. The molecule has 0 saturated heterocycles. The smallest absolute Gasteiger partial charge is 0.0696 e. The first-order valence-corrected chi connectivity index (χ1v) is 5.90. The molecule has 0 aliphatic carbocycles. The molecule has 3 nitrogen and oxygen atoms in total. The number of para-hydroxylation sites is 1. The molecule has 0 aliphatic heterocycles. The van der Waals surface area contributed by atoms with Crippen molar-refractivity contribution in [2.45, 2.75) is 33.7 Å². The number of nitrogens with two attached hydrogens (primary N) is 1. The topological polar surface area (TPSA) is 43.8 Å². The summed E-state index contributed by atoms with van der Waals surface area (Å²) in [5, 5.41) is 4.58. The van der Waals surface area contributed by atoms with E-state index in [0.29, 0.717) is 0 Å². The molecule has 0 aliphatic rings. The number of hydrogen-bond donors (Lipinski definition) is 1. The lowest BCUT2D eigenvalue weighted by Crippen LogP contribution is -2.11. The van der Waals surface area contributed by atoms with Crippen LogP contribution in [0.5, 0.6) is 0 Å². The molecule has 90 valence electrons. The fourth-order valence-electron chi connectivity index (χ4n) is 2.02. The van der Waals surface area contributed by atoms with E-state index in [1.54, 1.807) is 0 Å². The standard InChI is InChI=1S/C14H19N3/c1-9-11(3)16-17(12(9)4)14-8-6-5-7-13(14)10(2)15/h5-8,10H,15H2,1-4H3. The van der Waals surface area contributed by atoms with Crippen molar-refractivity contribution < 1.29 is 0 Å². The molecule has 1 unspecified atom stereocenters. The Morgan fingerprint density at radius 2 is 1.82 bits per heavy atom. The van der Waals surface area contributed by atoms with Gasteiger partial charge in [0.1, 0.15) is 0 Å². The zero-order chi connectivity index (χ0) is 12.6. The van der Waals surface area contributed by atoms with E-state index in [2.05, 4.69) is 31.1 Å². The number of rotatable bonds is 2. The summed E-state index contributed by atoms with van der Waals surface area (Å²) < 4.78 is 1.99. The maximum absolute atomic E-state index is 6.01. The number of aryl methyl sites for hydroxylation is 1. The van der Waals surface area contributed by atoms with Crippen LogP contribution < -0.4 is 5.73 Å². The van der Waals surface area contributed by atoms with E-state index in [1.165, 1.54) is 11.3 Å². The largest absolute Gasteiger partial charge is 0.324 e. The molecule has 2 aromatic rings. The van der Waals surface area contributed by atoms with E-state index in [9.17, 15) is 0 Å². The van der Waals surface area contributed by atoms with Gasteiger partial charge in [-0.3, -0.25) is 0 Å². The second kappa shape index (κ2) is 4.34. The third-order valence-corrected chi connectivity index (χ3v) is 3.31. The molecule has 0 fully saturated rings. The summed E-state index contributed by atoms with van der Waals surface area (Å²) >= 11 is 0. The van der Waals surface area contributed by atoms with Crippen LogP contribution in [0, 0.1) is 20.8 Å². The molecule has 2 N–H and O–H groups in total.